The van der Waals surface area contributed by atoms with Gasteiger partial charge in [-0.3, -0.25) is 4.79 Å². The Labute approximate surface area is 111 Å². The molecule has 2 rings (SSSR count). The van der Waals surface area contributed by atoms with Crippen molar-refractivity contribution in [1.82, 2.24) is 10.6 Å². The van der Waals surface area contributed by atoms with E-state index in [0.29, 0.717) is 5.56 Å². The largest absolute Gasteiger partial charge is 0.348 e. The first-order valence-corrected chi connectivity index (χ1v) is 6.51. The third kappa shape index (κ3) is 3.43. The summed E-state index contributed by atoms with van der Waals surface area (Å²) in [7, 11) is 0. The van der Waals surface area contributed by atoms with Crippen molar-refractivity contribution >= 4 is 17.5 Å². The normalized spacial score (nSPS) is 20.2. The van der Waals surface area contributed by atoms with Crippen molar-refractivity contribution in [1.29, 1.82) is 0 Å². The molecule has 0 bridgehead atoms. The first-order valence-electron chi connectivity index (χ1n) is 6.13. The average Bonchev–Trinajstić information content (AvgIpc) is 2.57. The summed E-state index contributed by atoms with van der Waals surface area (Å²) in [5.74, 6) is -0.679. The Hall–Kier alpha value is -1.13. The van der Waals surface area contributed by atoms with Gasteiger partial charge in [-0.25, -0.2) is 4.39 Å². The number of halogens is 2. The second-order valence-corrected chi connectivity index (χ2v) is 4.90. The maximum Gasteiger partial charge on any atom is 0.253 e. The lowest BCUT2D eigenvalue weighted by atomic mass is 10.1. The summed E-state index contributed by atoms with van der Waals surface area (Å²) in [6, 6.07) is 3.92. The zero-order valence-electron chi connectivity index (χ0n) is 10.0. The number of nitrogens with one attached hydrogen (secondary N) is 2. The highest BCUT2D eigenvalue weighted by Gasteiger charge is 2.17. The summed E-state index contributed by atoms with van der Waals surface area (Å²) in [6.07, 6.45) is 3.18. The van der Waals surface area contributed by atoms with Crippen molar-refractivity contribution < 1.29 is 9.18 Å². The molecule has 1 amide bonds. The minimum Gasteiger partial charge on any atom is -0.348 e. The Morgan fingerprint density at radius 3 is 3.06 bits per heavy atom. The molecular formula is C13H16ClFN2O. The van der Waals surface area contributed by atoms with E-state index in [1.54, 1.807) is 0 Å². The lowest BCUT2D eigenvalue weighted by Crippen LogP contribution is -2.40. The van der Waals surface area contributed by atoms with Gasteiger partial charge in [-0.15, -0.1) is 0 Å². The summed E-state index contributed by atoms with van der Waals surface area (Å²) in [5, 5.41) is 6.34. The van der Waals surface area contributed by atoms with Gasteiger partial charge in [-0.2, -0.15) is 0 Å². The first kappa shape index (κ1) is 13.3. The molecule has 1 aliphatic heterocycles. The molecule has 1 heterocycles. The number of amides is 1. The Kier molecular flexibility index (Phi) is 4.55. The SMILES string of the molecule is O=C(NC1CCCCNC1)c1ccc(F)cc1Cl. The summed E-state index contributed by atoms with van der Waals surface area (Å²) in [4.78, 5) is 12.0. The van der Waals surface area contributed by atoms with E-state index < -0.39 is 5.82 Å². The molecular weight excluding hydrogens is 255 g/mol. The van der Waals surface area contributed by atoms with E-state index in [2.05, 4.69) is 10.6 Å². The number of hydrogen-bond acceptors (Lipinski definition) is 2. The van der Waals surface area contributed by atoms with Gasteiger partial charge in [-0.1, -0.05) is 18.0 Å². The quantitative estimate of drug-likeness (QED) is 0.866. The molecule has 5 heteroatoms. The standard InChI is InChI=1S/C13H16ClFN2O/c14-12-7-9(15)4-5-11(12)13(18)17-10-3-1-2-6-16-8-10/h4-5,7,10,16H,1-3,6,8H2,(H,17,18). The molecule has 1 atom stereocenters. The Morgan fingerprint density at radius 2 is 2.28 bits per heavy atom. The lowest BCUT2D eigenvalue weighted by molar-refractivity contribution is 0.0935. The molecule has 0 spiro atoms. The second kappa shape index (κ2) is 6.16. The smallest absolute Gasteiger partial charge is 0.253 e. The van der Waals surface area contributed by atoms with Gasteiger partial charge in [0.05, 0.1) is 10.6 Å². The van der Waals surface area contributed by atoms with Crippen molar-refractivity contribution in [2.24, 2.45) is 0 Å². The maximum atomic E-state index is 12.9. The van der Waals surface area contributed by atoms with Crippen LogP contribution in [0.1, 0.15) is 29.6 Å². The van der Waals surface area contributed by atoms with Gasteiger partial charge in [0, 0.05) is 12.6 Å². The van der Waals surface area contributed by atoms with Gasteiger partial charge in [0.15, 0.2) is 0 Å². The maximum absolute atomic E-state index is 12.9. The number of carbonyl (C=O) groups excluding carboxylic acids is 1. The summed E-state index contributed by atoms with van der Waals surface area (Å²) >= 11 is 5.86. The van der Waals surface area contributed by atoms with Crippen LogP contribution in [0.5, 0.6) is 0 Å². The molecule has 1 saturated heterocycles. The number of benzene rings is 1. The highest BCUT2D eigenvalue weighted by atomic mass is 35.5. The van der Waals surface area contributed by atoms with Crippen molar-refractivity contribution in [3.8, 4) is 0 Å². The highest BCUT2D eigenvalue weighted by Crippen LogP contribution is 2.17. The number of carbonyl (C=O) groups is 1. The van der Waals surface area contributed by atoms with Crippen molar-refractivity contribution in [3.63, 3.8) is 0 Å². The van der Waals surface area contributed by atoms with Crippen LogP contribution in [-0.2, 0) is 0 Å². The van der Waals surface area contributed by atoms with E-state index in [1.807, 2.05) is 0 Å². The number of hydrogen-bond donors (Lipinski definition) is 2. The van der Waals surface area contributed by atoms with Gasteiger partial charge >= 0.3 is 0 Å². The Balaban J connectivity index is 2.02. The van der Waals surface area contributed by atoms with E-state index in [4.69, 9.17) is 11.6 Å². The molecule has 0 radical (unpaired) electrons. The van der Waals surface area contributed by atoms with Crippen molar-refractivity contribution in [2.75, 3.05) is 13.1 Å². The molecule has 1 unspecified atom stereocenters. The van der Waals surface area contributed by atoms with Crippen molar-refractivity contribution in [3.05, 3.63) is 34.6 Å². The summed E-state index contributed by atoms with van der Waals surface area (Å²) in [6.45, 7) is 1.76. The van der Waals surface area contributed by atoms with Crippen molar-refractivity contribution in [2.45, 2.75) is 25.3 Å². The monoisotopic (exact) mass is 270 g/mol. The zero-order chi connectivity index (χ0) is 13.0. The molecule has 3 nitrogen and oxygen atoms in total. The molecule has 1 aliphatic rings. The molecule has 98 valence electrons. The topological polar surface area (TPSA) is 41.1 Å². The van der Waals surface area contributed by atoms with E-state index in [1.165, 1.54) is 12.1 Å². The van der Waals surface area contributed by atoms with Crippen LogP contribution in [0.4, 0.5) is 4.39 Å². The predicted molar refractivity (Wildman–Crippen MR) is 69.4 cm³/mol. The molecule has 0 aromatic heterocycles. The van der Waals surface area contributed by atoms with Gasteiger partial charge in [0.25, 0.3) is 5.91 Å². The highest BCUT2D eigenvalue weighted by molar-refractivity contribution is 6.33. The molecule has 0 aliphatic carbocycles. The van der Waals surface area contributed by atoms with Gasteiger partial charge < -0.3 is 10.6 Å². The van der Waals surface area contributed by atoms with Gasteiger partial charge in [0.1, 0.15) is 5.82 Å². The van der Waals surface area contributed by atoms with Gasteiger partial charge in [-0.05, 0) is 37.6 Å². The van der Waals surface area contributed by atoms with E-state index >= 15 is 0 Å². The van der Waals surface area contributed by atoms with Crippen LogP contribution in [-0.4, -0.2) is 25.0 Å². The molecule has 1 aromatic carbocycles. The van der Waals surface area contributed by atoms with Crippen LogP contribution >= 0.6 is 11.6 Å². The third-order valence-corrected chi connectivity index (χ3v) is 3.37. The Morgan fingerprint density at radius 1 is 1.44 bits per heavy atom. The van der Waals surface area contributed by atoms with E-state index in [9.17, 15) is 9.18 Å². The average molecular weight is 271 g/mol. The zero-order valence-corrected chi connectivity index (χ0v) is 10.8. The molecule has 1 aromatic rings. The van der Waals surface area contributed by atoms with Crippen LogP contribution in [0.2, 0.25) is 5.02 Å². The predicted octanol–water partition coefficient (Wildman–Crippen LogP) is 2.35. The fraction of sp³-hybridized carbons (Fsp3) is 0.462. The Bertz CT molecular complexity index is 431. The molecule has 0 saturated carbocycles. The van der Waals surface area contributed by atoms with Crippen LogP contribution < -0.4 is 10.6 Å². The summed E-state index contributed by atoms with van der Waals surface area (Å²) in [5.41, 5.74) is 0.322. The molecule has 18 heavy (non-hydrogen) atoms. The second-order valence-electron chi connectivity index (χ2n) is 4.49. The third-order valence-electron chi connectivity index (χ3n) is 3.06. The van der Waals surface area contributed by atoms with Crippen LogP contribution in [0.15, 0.2) is 18.2 Å². The fourth-order valence-electron chi connectivity index (χ4n) is 2.08. The minimum atomic E-state index is -0.437. The van der Waals surface area contributed by atoms with E-state index in [0.717, 1.165) is 38.4 Å². The number of rotatable bonds is 2. The lowest BCUT2D eigenvalue weighted by Gasteiger charge is -2.16. The van der Waals surface area contributed by atoms with Crippen LogP contribution in [0.3, 0.4) is 0 Å². The van der Waals surface area contributed by atoms with Crippen LogP contribution in [0, 0.1) is 5.82 Å². The van der Waals surface area contributed by atoms with E-state index in [-0.39, 0.29) is 17.0 Å². The minimum absolute atomic E-state index is 0.112. The first-order chi connectivity index (χ1) is 8.66. The molecule has 2 N–H and O–H groups in total. The summed E-state index contributed by atoms with van der Waals surface area (Å²) < 4.78 is 12.9. The van der Waals surface area contributed by atoms with Gasteiger partial charge in [0.2, 0.25) is 0 Å². The fourth-order valence-corrected chi connectivity index (χ4v) is 2.33. The molecule has 1 fully saturated rings. The van der Waals surface area contributed by atoms with Crippen LogP contribution in [0.25, 0.3) is 0 Å².